The van der Waals surface area contributed by atoms with Crippen molar-refractivity contribution in [2.24, 2.45) is 13.0 Å². The van der Waals surface area contributed by atoms with Crippen LogP contribution in [0.2, 0.25) is 0 Å². The number of aryl methyl sites for hydroxylation is 2. The molecule has 1 aliphatic heterocycles. The molecule has 20 heavy (non-hydrogen) atoms. The molecule has 0 aliphatic carbocycles. The number of nitrogens with one attached hydrogen (secondary N) is 1. The van der Waals surface area contributed by atoms with Gasteiger partial charge in [0.05, 0.1) is 5.69 Å². The molecule has 1 aromatic rings. The molecule has 1 saturated heterocycles. The van der Waals surface area contributed by atoms with Gasteiger partial charge in [-0.25, -0.2) is 0 Å². The molecule has 1 atom stereocenters. The number of aromatic nitrogens is 2. The fourth-order valence-electron chi connectivity index (χ4n) is 3.28. The lowest BCUT2D eigenvalue weighted by atomic mass is 10.0. The highest BCUT2D eigenvalue weighted by molar-refractivity contribution is 5.23. The van der Waals surface area contributed by atoms with E-state index >= 15 is 0 Å². The van der Waals surface area contributed by atoms with Gasteiger partial charge in [-0.15, -0.1) is 0 Å². The Labute approximate surface area is 123 Å². The number of nitrogens with zero attached hydrogens (tertiary/aromatic N) is 3. The van der Waals surface area contributed by atoms with E-state index in [2.05, 4.69) is 43.0 Å². The van der Waals surface area contributed by atoms with Crippen LogP contribution in [0.1, 0.15) is 43.6 Å². The molecule has 0 spiro atoms. The summed E-state index contributed by atoms with van der Waals surface area (Å²) in [7, 11) is 2.02. The average molecular weight is 278 g/mol. The van der Waals surface area contributed by atoms with Crippen molar-refractivity contribution >= 4 is 0 Å². The molecule has 2 rings (SSSR count). The smallest absolute Gasteiger partial charge is 0.0641 e. The van der Waals surface area contributed by atoms with Crippen LogP contribution in [-0.4, -0.2) is 40.4 Å². The van der Waals surface area contributed by atoms with E-state index in [1.54, 1.807) is 0 Å². The molecule has 114 valence electrons. The summed E-state index contributed by atoms with van der Waals surface area (Å²) >= 11 is 0. The van der Waals surface area contributed by atoms with Crippen molar-refractivity contribution in [3.8, 4) is 0 Å². The van der Waals surface area contributed by atoms with Crippen molar-refractivity contribution in [2.45, 2.75) is 53.1 Å². The number of hydrogen-bond donors (Lipinski definition) is 1. The summed E-state index contributed by atoms with van der Waals surface area (Å²) in [5, 5.41) is 8.15. The van der Waals surface area contributed by atoms with Crippen LogP contribution in [0.3, 0.4) is 0 Å². The van der Waals surface area contributed by atoms with Gasteiger partial charge in [0.2, 0.25) is 0 Å². The zero-order valence-corrected chi connectivity index (χ0v) is 13.7. The van der Waals surface area contributed by atoms with E-state index in [-0.39, 0.29) is 0 Å². The Morgan fingerprint density at radius 3 is 2.35 bits per heavy atom. The SMILES string of the molecule is Cc1nn(C)c(C)c1CNCC(C(C)C)N1CCCC1. The lowest BCUT2D eigenvalue weighted by Crippen LogP contribution is -2.44. The van der Waals surface area contributed by atoms with Crippen molar-refractivity contribution in [3.05, 3.63) is 17.0 Å². The third kappa shape index (κ3) is 3.41. The molecular weight excluding hydrogens is 248 g/mol. The van der Waals surface area contributed by atoms with E-state index in [1.807, 2.05) is 11.7 Å². The van der Waals surface area contributed by atoms with Crippen LogP contribution in [0.25, 0.3) is 0 Å². The first kappa shape index (κ1) is 15.5. The molecular formula is C16H30N4. The predicted molar refractivity (Wildman–Crippen MR) is 83.8 cm³/mol. The number of hydrogen-bond acceptors (Lipinski definition) is 3. The van der Waals surface area contributed by atoms with E-state index in [4.69, 9.17) is 0 Å². The third-order valence-corrected chi connectivity index (χ3v) is 4.69. The molecule has 1 aliphatic rings. The molecule has 0 radical (unpaired) electrons. The van der Waals surface area contributed by atoms with Gasteiger partial charge in [-0.1, -0.05) is 13.8 Å². The summed E-state index contributed by atoms with van der Waals surface area (Å²) in [6.07, 6.45) is 2.73. The predicted octanol–water partition coefficient (Wildman–Crippen LogP) is 2.25. The molecule has 0 saturated carbocycles. The van der Waals surface area contributed by atoms with Gasteiger partial charge in [0, 0.05) is 37.4 Å². The maximum atomic E-state index is 4.49. The maximum Gasteiger partial charge on any atom is 0.0641 e. The van der Waals surface area contributed by atoms with E-state index in [9.17, 15) is 0 Å². The summed E-state index contributed by atoms with van der Waals surface area (Å²) < 4.78 is 1.98. The molecule has 1 unspecified atom stereocenters. The molecule has 1 aromatic heterocycles. The van der Waals surface area contributed by atoms with E-state index in [1.165, 1.54) is 37.2 Å². The van der Waals surface area contributed by atoms with Gasteiger partial charge < -0.3 is 5.32 Å². The largest absolute Gasteiger partial charge is 0.311 e. The first-order valence-corrected chi connectivity index (χ1v) is 7.94. The van der Waals surface area contributed by atoms with Gasteiger partial charge in [-0.2, -0.15) is 5.10 Å². The Balaban J connectivity index is 1.89. The van der Waals surface area contributed by atoms with E-state index in [0.29, 0.717) is 12.0 Å². The lowest BCUT2D eigenvalue weighted by Gasteiger charge is -2.31. The zero-order chi connectivity index (χ0) is 14.7. The summed E-state index contributed by atoms with van der Waals surface area (Å²) in [5.74, 6) is 0.705. The van der Waals surface area contributed by atoms with Gasteiger partial charge >= 0.3 is 0 Å². The van der Waals surface area contributed by atoms with Gasteiger partial charge in [-0.05, 0) is 45.7 Å². The molecule has 0 bridgehead atoms. The highest BCUT2D eigenvalue weighted by Gasteiger charge is 2.24. The van der Waals surface area contributed by atoms with Gasteiger partial charge in [0.25, 0.3) is 0 Å². The molecule has 4 nitrogen and oxygen atoms in total. The van der Waals surface area contributed by atoms with Gasteiger partial charge in [0.15, 0.2) is 0 Å². The molecule has 2 heterocycles. The highest BCUT2D eigenvalue weighted by atomic mass is 15.3. The minimum atomic E-state index is 0.662. The molecule has 1 N–H and O–H groups in total. The van der Waals surface area contributed by atoms with Crippen molar-refractivity contribution in [1.82, 2.24) is 20.0 Å². The monoisotopic (exact) mass is 278 g/mol. The Bertz CT molecular complexity index is 430. The first-order valence-electron chi connectivity index (χ1n) is 7.94. The van der Waals surface area contributed by atoms with Crippen LogP contribution >= 0.6 is 0 Å². The Morgan fingerprint density at radius 1 is 1.20 bits per heavy atom. The van der Waals surface area contributed by atoms with Crippen LogP contribution in [0, 0.1) is 19.8 Å². The second kappa shape index (κ2) is 6.72. The zero-order valence-electron chi connectivity index (χ0n) is 13.7. The summed E-state index contributed by atoms with van der Waals surface area (Å²) in [4.78, 5) is 2.65. The highest BCUT2D eigenvalue weighted by Crippen LogP contribution is 2.17. The van der Waals surface area contributed by atoms with Crippen molar-refractivity contribution in [2.75, 3.05) is 19.6 Å². The average Bonchev–Trinajstić information content (AvgIpc) is 2.97. The molecule has 4 heteroatoms. The topological polar surface area (TPSA) is 33.1 Å². The lowest BCUT2D eigenvalue weighted by molar-refractivity contribution is 0.186. The van der Waals surface area contributed by atoms with Crippen LogP contribution in [-0.2, 0) is 13.6 Å². The number of likely N-dealkylation sites (tertiary alicyclic amines) is 1. The normalized spacial score (nSPS) is 18.1. The van der Waals surface area contributed by atoms with E-state index in [0.717, 1.165) is 18.8 Å². The second-order valence-electron chi connectivity index (χ2n) is 6.46. The van der Waals surface area contributed by atoms with Crippen molar-refractivity contribution in [1.29, 1.82) is 0 Å². The van der Waals surface area contributed by atoms with Gasteiger partial charge in [0.1, 0.15) is 0 Å². The minimum Gasteiger partial charge on any atom is -0.311 e. The molecule has 1 fully saturated rings. The Kier molecular flexibility index (Phi) is 5.22. The molecule has 0 amide bonds. The first-order chi connectivity index (χ1) is 9.50. The fourth-order valence-corrected chi connectivity index (χ4v) is 3.28. The summed E-state index contributed by atoms with van der Waals surface area (Å²) in [5.41, 5.74) is 3.79. The number of rotatable bonds is 6. The minimum absolute atomic E-state index is 0.662. The van der Waals surface area contributed by atoms with Crippen LogP contribution in [0.4, 0.5) is 0 Å². The maximum absolute atomic E-state index is 4.49. The molecule has 0 aromatic carbocycles. The van der Waals surface area contributed by atoms with Crippen molar-refractivity contribution in [3.63, 3.8) is 0 Å². The quantitative estimate of drug-likeness (QED) is 0.866. The second-order valence-corrected chi connectivity index (χ2v) is 6.46. The standard InChI is InChI=1S/C16H30N4/c1-12(2)16(20-8-6-7-9-20)11-17-10-15-13(3)18-19(5)14(15)4/h12,16-17H,6-11H2,1-5H3. The Morgan fingerprint density at radius 2 is 1.85 bits per heavy atom. The van der Waals surface area contributed by atoms with Crippen LogP contribution in [0.15, 0.2) is 0 Å². The van der Waals surface area contributed by atoms with E-state index < -0.39 is 0 Å². The summed E-state index contributed by atoms with van der Waals surface area (Å²) in [6, 6.07) is 0.662. The fraction of sp³-hybridized carbons (Fsp3) is 0.812. The van der Waals surface area contributed by atoms with Crippen LogP contribution < -0.4 is 5.32 Å². The summed E-state index contributed by atoms with van der Waals surface area (Å²) in [6.45, 7) is 13.5. The van der Waals surface area contributed by atoms with Gasteiger partial charge in [-0.3, -0.25) is 9.58 Å². The van der Waals surface area contributed by atoms with Crippen molar-refractivity contribution < 1.29 is 0 Å². The third-order valence-electron chi connectivity index (χ3n) is 4.69. The Hall–Kier alpha value is -0.870. The van der Waals surface area contributed by atoms with Crippen LogP contribution in [0.5, 0.6) is 0 Å².